The minimum Gasteiger partial charge on any atom is -0.310 e. The molecule has 256 valence electrons. The Morgan fingerprint density at radius 2 is 0.655 bits per heavy atom. The summed E-state index contributed by atoms with van der Waals surface area (Å²) in [5.74, 6) is 0. The molecule has 0 aliphatic rings. The van der Waals surface area contributed by atoms with Crippen LogP contribution in [0.25, 0.3) is 86.9 Å². The molecule has 0 atom stereocenters. The van der Waals surface area contributed by atoms with Crippen molar-refractivity contribution in [3.05, 3.63) is 212 Å². The summed E-state index contributed by atoms with van der Waals surface area (Å²) in [5.41, 5.74) is 8.26. The molecule has 0 N–H and O–H groups in total. The van der Waals surface area contributed by atoms with E-state index in [0.717, 1.165) is 17.1 Å². The zero-order chi connectivity index (χ0) is 36.3. The summed E-state index contributed by atoms with van der Waals surface area (Å²) >= 11 is 0. The van der Waals surface area contributed by atoms with E-state index >= 15 is 0 Å². The Hall–Kier alpha value is -7.22. The molecular formula is C54H35N. The van der Waals surface area contributed by atoms with Crippen molar-refractivity contribution in [2.75, 3.05) is 4.90 Å². The maximum Gasteiger partial charge on any atom is 0.0546 e. The first-order valence-corrected chi connectivity index (χ1v) is 19.0. The van der Waals surface area contributed by atoms with Crippen LogP contribution in [0.3, 0.4) is 0 Å². The molecule has 11 aromatic rings. The Bertz CT molecular complexity index is 3250. The molecule has 0 aromatic heterocycles. The van der Waals surface area contributed by atoms with Gasteiger partial charge in [0.25, 0.3) is 0 Å². The van der Waals surface area contributed by atoms with Crippen molar-refractivity contribution in [1.29, 1.82) is 0 Å². The SMILES string of the molecule is c1ccc2c(c1)ccc1c(-c3ccc(N(c4ccc(-c5cc6ccccc6c6ccccc56)cc4)c4cc5ccccc5c5ccccc45)cc3)cccc12. The summed E-state index contributed by atoms with van der Waals surface area (Å²) in [6, 6.07) is 77.8. The average Bonchev–Trinajstić information content (AvgIpc) is 3.26. The highest BCUT2D eigenvalue weighted by atomic mass is 15.1. The standard InChI is InChI=1S/C54H35N/c1-4-15-43-36(12-1)28-33-51-44(22-11-23-48(43)51)37-24-29-41(30-25-37)55(54-35-40-14-3-6-17-46(40)49-19-9-10-21-52(49)54)42-31-26-38(27-32-42)53-34-39-13-2-5-16-45(39)47-18-7-8-20-50(47)53/h1-35H. The molecule has 55 heavy (non-hydrogen) atoms. The smallest absolute Gasteiger partial charge is 0.0546 e. The molecule has 1 heteroatoms. The molecule has 1 nitrogen and oxygen atoms in total. The van der Waals surface area contributed by atoms with E-state index in [2.05, 4.69) is 217 Å². The minimum atomic E-state index is 1.11. The van der Waals surface area contributed by atoms with Crippen molar-refractivity contribution in [3.63, 3.8) is 0 Å². The lowest BCUT2D eigenvalue weighted by atomic mass is 9.93. The van der Waals surface area contributed by atoms with E-state index in [1.54, 1.807) is 0 Å². The van der Waals surface area contributed by atoms with Crippen molar-refractivity contribution in [1.82, 2.24) is 0 Å². The zero-order valence-electron chi connectivity index (χ0n) is 30.2. The average molecular weight is 698 g/mol. The molecule has 0 bridgehead atoms. The van der Waals surface area contributed by atoms with E-state index in [1.807, 2.05) is 0 Å². The Labute approximate surface area is 320 Å². The van der Waals surface area contributed by atoms with Gasteiger partial charge >= 0.3 is 0 Å². The third-order valence-electron chi connectivity index (χ3n) is 11.4. The quantitative estimate of drug-likeness (QED) is 0.162. The van der Waals surface area contributed by atoms with Crippen molar-refractivity contribution in [2.24, 2.45) is 0 Å². The number of anilines is 3. The van der Waals surface area contributed by atoms with Crippen LogP contribution in [0.15, 0.2) is 212 Å². The van der Waals surface area contributed by atoms with Crippen LogP contribution in [-0.4, -0.2) is 0 Å². The van der Waals surface area contributed by atoms with Gasteiger partial charge in [0.2, 0.25) is 0 Å². The Balaban J connectivity index is 1.08. The van der Waals surface area contributed by atoms with Crippen LogP contribution in [0, 0.1) is 0 Å². The fraction of sp³-hybridized carbons (Fsp3) is 0. The van der Waals surface area contributed by atoms with E-state index in [4.69, 9.17) is 0 Å². The highest BCUT2D eigenvalue weighted by molar-refractivity contribution is 6.16. The summed E-state index contributed by atoms with van der Waals surface area (Å²) in [6.45, 7) is 0. The van der Waals surface area contributed by atoms with E-state index in [0.29, 0.717) is 0 Å². The fourth-order valence-electron chi connectivity index (χ4n) is 8.81. The van der Waals surface area contributed by atoms with Gasteiger partial charge in [-0.25, -0.2) is 0 Å². The molecule has 11 aromatic carbocycles. The largest absolute Gasteiger partial charge is 0.310 e. The molecule has 0 saturated carbocycles. The van der Waals surface area contributed by atoms with Crippen LogP contribution >= 0.6 is 0 Å². The molecule has 0 fully saturated rings. The number of hydrogen-bond donors (Lipinski definition) is 0. The van der Waals surface area contributed by atoms with Gasteiger partial charge in [0.1, 0.15) is 0 Å². The first-order valence-electron chi connectivity index (χ1n) is 19.0. The monoisotopic (exact) mass is 697 g/mol. The maximum absolute atomic E-state index is 2.43. The summed E-state index contributed by atoms with van der Waals surface area (Å²) in [5, 5.41) is 15.1. The lowest BCUT2D eigenvalue weighted by Crippen LogP contribution is -2.10. The fourth-order valence-corrected chi connectivity index (χ4v) is 8.81. The summed E-state index contributed by atoms with van der Waals surface area (Å²) in [7, 11) is 0. The van der Waals surface area contributed by atoms with E-state index in [-0.39, 0.29) is 0 Å². The molecule has 0 heterocycles. The second-order valence-corrected chi connectivity index (χ2v) is 14.5. The number of fused-ring (bicyclic) bond motifs is 9. The van der Waals surface area contributed by atoms with E-state index in [1.165, 1.54) is 86.9 Å². The van der Waals surface area contributed by atoms with E-state index < -0.39 is 0 Å². The van der Waals surface area contributed by atoms with Crippen LogP contribution in [0.1, 0.15) is 0 Å². The highest BCUT2D eigenvalue weighted by Gasteiger charge is 2.19. The normalized spacial score (nSPS) is 11.6. The van der Waals surface area contributed by atoms with Gasteiger partial charge in [-0.1, -0.05) is 176 Å². The first kappa shape index (κ1) is 31.3. The van der Waals surface area contributed by atoms with Gasteiger partial charge in [0.05, 0.1) is 5.69 Å². The topological polar surface area (TPSA) is 3.24 Å². The lowest BCUT2D eigenvalue weighted by Gasteiger charge is -2.28. The molecule has 0 saturated heterocycles. The molecule has 0 spiro atoms. The van der Waals surface area contributed by atoms with Gasteiger partial charge in [-0.05, 0) is 118 Å². The number of benzene rings is 11. The molecule has 0 aliphatic carbocycles. The Morgan fingerprint density at radius 3 is 1.27 bits per heavy atom. The van der Waals surface area contributed by atoms with Crippen molar-refractivity contribution < 1.29 is 0 Å². The van der Waals surface area contributed by atoms with Gasteiger partial charge in [0, 0.05) is 16.8 Å². The van der Waals surface area contributed by atoms with Gasteiger partial charge in [-0.2, -0.15) is 0 Å². The zero-order valence-corrected chi connectivity index (χ0v) is 30.2. The van der Waals surface area contributed by atoms with Crippen molar-refractivity contribution >= 4 is 81.7 Å². The minimum absolute atomic E-state index is 1.11. The third-order valence-corrected chi connectivity index (χ3v) is 11.4. The molecule has 0 aliphatic heterocycles. The molecule has 11 rings (SSSR count). The van der Waals surface area contributed by atoms with Crippen LogP contribution < -0.4 is 4.90 Å². The summed E-state index contributed by atoms with van der Waals surface area (Å²) in [4.78, 5) is 2.43. The maximum atomic E-state index is 2.43. The number of rotatable bonds is 5. The van der Waals surface area contributed by atoms with Gasteiger partial charge in [-0.3, -0.25) is 0 Å². The van der Waals surface area contributed by atoms with Crippen LogP contribution in [0.5, 0.6) is 0 Å². The van der Waals surface area contributed by atoms with Gasteiger partial charge < -0.3 is 4.90 Å². The van der Waals surface area contributed by atoms with Crippen LogP contribution in [0.4, 0.5) is 17.1 Å². The van der Waals surface area contributed by atoms with Gasteiger partial charge in [0.15, 0.2) is 0 Å². The highest BCUT2D eigenvalue weighted by Crippen LogP contribution is 2.44. The molecule has 0 unspecified atom stereocenters. The lowest BCUT2D eigenvalue weighted by molar-refractivity contribution is 1.30. The summed E-state index contributed by atoms with van der Waals surface area (Å²) < 4.78 is 0. The molecular weight excluding hydrogens is 663 g/mol. The second-order valence-electron chi connectivity index (χ2n) is 14.5. The van der Waals surface area contributed by atoms with Crippen molar-refractivity contribution in [3.8, 4) is 22.3 Å². The van der Waals surface area contributed by atoms with Crippen LogP contribution in [0.2, 0.25) is 0 Å². The third kappa shape index (κ3) is 5.16. The predicted octanol–water partition coefficient (Wildman–Crippen LogP) is 15.4. The summed E-state index contributed by atoms with van der Waals surface area (Å²) in [6.07, 6.45) is 0. The van der Waals surface area contributed by atoms with Crippen LogP contribution in [-0.2, 0) is 0 Å². The Kier molecular flexibility index (Phi) is 7.25. The number of hydrogen-bond acceptors (Lipinski definition) is 1. The predicted molar refractivity (Wildman–Crippen MR) is 237 cm³/mol. The second kappa shape index (κ2) is 12.7. The molecule has 0 radical (unpaired) electrons. The van der Waals surface area contributed by atoms with E-state index in [9.17, 15) is 0 Å². The Morgan fingerprint density at radius 1 is 0.236 bits per heavy atom. The number of nitrogens with zero attached hydrogens (tertiary/aromatic N) is 1. The van der Waals surface area contributed by atoms with Crippen molar-refractivity contribution in [2.45, 2.75) is 0 Å². The van der Waals surface area contributed by atoms with Gasteiger partial charge in [-0.15, -0.1) is 0 Å². The molecule has 0 amide bonds. The first-order chi connectivity index (χ1) is 27.3.